The third-order valence-corrected chi connectivity index (χ3v) is 3.67. The number of aliphatic hydroxyl groups is 1. The molecule has 0 fully saturated rings. The zero-order valence-corrected chi connectivity index (χ0v) is 9.86. The van der Waals surface area contributed by atoms with Crippen molar-refractivity contribution in [3.05, 3.63) is 11.9 Å². The predicted octanol–water partition coefficient (Wildman–Crippen LogP) is -1.17. The lowest BCUT2D eigenvalue weighted by atomic mass is 10.2. The second-order valence-electron chi connectivity index (χ2n) is 3.38. The molecule has 1 aromatic heterocycles. The number of aromatic nitrogens is 2. The van der Waals surface area contributed by atoms with Crippen molar-refractivity contribution in [2.75, 3.05) is 6.61 Å². The molecule has 0 spiro atoms. The number of hydrogen-bond acceptors (Lipinski definition) is 5. The normalized spacial score (nSPS) is 13.5. The van der Waals surface area contributed by atoms with Crippen LogP contribution in [0.5, 0.6) is 0 Å². The van der Waals surface area contributed by atoms with Crippen LogP contribution in [0.1, 0.15) is 12.1 Å². The molecule has 1 aromatic rings. The predicted molar refractivity (Wildman–Crippen MR) is 56.8 cm³/mol. The maximum absolute atomic E-state index is 11.8. The van der Waals surface area contributed by atoms with Gasteiger partial charge in [0.05, 0.1) is 11.9 Å². The number of carbonyl (C=O) groups is 1. The summed E-state index contributed by atoms with van der Waals surface area (Å²) in [5.41, 5.74) is 0.311. The van der Waals surface area contributed by atoms with Crippen LogP contribution in [-0.2, 0) is 14.8 Å². The molecule has 0 aliphatic heterocycles. The molecule has 8 nitrogen and oxygen atoms in total. The Morgan fingerprint density at radius 2 is 2.29 bits per heavy atom. The Morgan fingerprint density at radius 1 is 1.65 bits per heavy atom. The SMILES string of the molecule is Cc1[nH]ncc1S(=O)(=O)N[C@@H](CCO)C(=O)O. The number of aryl methyl sites for hydroxylation is 1. The Morgan fingerprint density at radius 3 is 2.71 bits per heavy atom. The van der Waals surface area contributed by atoms with Gasteiger partial charge in [-0.2, -0.15) is 9.82 Å². The fourth-order valence-corrected chi connectivity index (χ4v) is 2.58. The van der Waals surface area contributed by atoms with Gasteiger partial charge in [-0.25, -0.2) is 8.42 Å². The Hall–Kier alpha value is -1.45. The highest BCUT2D eigenvalue weighted by Crippen LogP contribution is 2.12. The molecular formula is C8H13N3O5S. The highest BCUT2D eigenvalue weighted by Gasteiger charge is 2.26. The molecule has 1 rings (SSSR count). The number of aliphatic hydroxyl groups excluding tert-OH is 1. The maximum atomic E-state index is 11.8. The third-order valence-electron chi connectivity index (χ3n) is 2.09. The van der Waals surface area contributed by atoms with Crippen molar-refractivity contribution in [1.82, 2.24) is 14.9 Å². The van der Waals surface area contributed by atoms with Crippen LogP contribution in [0.15, 0.2) is 11.1 Å². The van der Waals surface area contributed by atoms with E-state index in [1.807, 2.05) is 4.72 Å². The third kappa shape index (κ3) is 3.25. The fraction of sp³-hybridized carbons (Fsp3) is 0.500. The number of nitrogens with zero attached hydrogens (tertiary/aromatic N) is 1. The van der Waals surface area contributed by atoms with Crippen molar-refractivity contribution in [3.8, 4) is 0 Å². The van der Waals surface area contributed by atoms with Crippen LogP contribution in [0.25, 0.3) is 0 Å². The van der Waals surface area contributed by atoms with Crippen molar-refractivity contribution in [2.45, 2.75) is 24.3 Å². The molecule has 0 aromatic carbocycles. The molecule has 9 heteroatoms. The molecule has 96 valence electrons. The summed E-state index contributed by atoms with van der Waals surface area (Å²) in [5, 5.41) is 23.4. The second kappa shape index (κ2) is 5.25. The number of aliphatic carboxylic acids is 1. The number of nitrogens with one attached hydrogen (secondary N) is 2. The first-order valence-electron chi connectivity index (χ1n) is 4.74. The zero-order chi connectivity index (χ0) is 13.1. The molecule has 0 aliphatic carbocycles. The Balaban J connectivity index is 2.93. The van der Waals surface area contributed by atoms with Crippen LogP contribution < -0.4 is 4.72 Å². The molecule has 0 unspecified atom stereocenters. The van der Waals surface area contributed by atoms with Crippen LogP contribution in [0.2, 0.25) is 0 Å². The van der Waals surface area contributed by atoms with Gasteiger partial charge < -0.3 is 10.2 Å². The lowest BCUT2D eigenvalue weighted by Gasteiger charge is -2.12. The maximum Gasteiger partial charge on any atom is 0.321 e. The lowest BCUT2D eigenvalue weighted by Crippen LogP contribution is -2.41. The van der Waals surface area contributed by atoms with Gasteiger partial charge in [-0.1, -0.05) is 0 Å². The van der Waals surface area contributed by atoms with E-state index in [1.54, 1.807) is 0 Å². The number of carboxylic acid groups (broad SMARTS) is 1. The number of aromatic amines is 1. The molecule has 0 radical (unpaired) electrons. The Kier molecular flexibility index (Phi) is 4.21. The minimum absolute atomic E-state index is 0.110. The van der Waals surface area contributed by atoms with Crippen LogP contribution in [0, 0.1) is 6.92 Å². The largest absolute Gasteiger partial charge is 0.480 e. The van der Waals surface area contributed by atoms with Crippen LogP contribution in [0.4, 0.5) is 0 Å². The first-order valence-corrected chi connectivity index (χ1v) is 6.22. The van der Waals surface area contributed by atoms with Gasteiger partial charge in [0, 0.05) is 6.61 Å². The van der Waals surface area contributed by atoms with Crippen LogP contribution in [-0.4, -0.2) is 47.4 Å². The van der Waals surface area contributed by atoms with Gasteiger partial charge in [0.25, 0.3) is 0 Å². The number of H-pyrrole nitrogens is 1. The summed E-state index contributed by atoms with van der Waals surface area (Å²) in [6, 6.07) is -1.36. The van der Waals surface area contributed by atoms with Gasteiger partial charge in [0.15, 0.2) is 0 Å². The average Bonchev–Trinajstić information content (AvgIpc) is 2.64. The first kappa shape index (κ1) is 13.6. The smallest absolute Gasteiger partial charge is 0.321 e. The Bertz CT molecular complexity index is 495. The average molecular weight is 263 g/mol. The molecule has 1 heterocycles. The van der Waals surface area contributed by atoms with Gasteiger partial charge in [0.2, 0.25) is 10.0 Å². The van der Waals surface area contributed by atoms with E-state index in [0.717, 1.165) is 6.20 Å². The molecule has 0 amide bonds. The quantitative estimate of drug-likeness (QED) is 0.511. The summed E-state index contributed by atoms with van der Waals surface area (Å²) in [7, 11) is -3.95. The molecule has 17 heavy (non-hydrogen) atoms. The summed E-state index contributed by atoms with van der Waals surface area (Å²) in [4.78, 5) is 10.7. The van der Waals surface area contributed by atoms with Crippen molar-refractivity contribution < 1.29 is 23.4 Å². The monoisotopic (exact) mass is 263 g/mol. The van der Waals surface area contributed by atoms with Crippen molar-refractivity contribution in [2.24, 2.45) is 0 Å². The number of rotatable bonds is 6. The summed E-state index contributed by atoms with van der Waals surface area (Å²) in [5.74, 6) is -1.34. The van der Waals surface area contributed by atoms with E-state index < -0.39 is 28.6 Å². The van der Waals surface area contributed by atoms with E-state index in [4.69, 9.17) is 10.2 Å². The topological polar surface area (TPSA) is 132 Å². The highest BCUT2D eigenvalue weighted by molar-refractivity contribution is 7.89. The van der Waals surface area contributed by atoms with Gasteiger partial charge in [0.1, 0.15) is 10.9 Å². The number of hydrogen-bond donors (Lipinski definition) is 4. The van der Waals surface area contributed by atoms with E-state index in [2.05, 4.69) is 10.2 Å². The molecule has 0 aliphatic rings. The Labute approximate surface area is 97.7 Å². The van der Waals surface area contributed by atoms with Crippen LogP contribution >= 0.6 is 0 Å². The van der Waals surface area contributed by atoms with E-state index in [0.29, 0.717) is 5.69 Å². The lowest BCUT2D eigenvalue weighted by molar-refractivity contribution is -0.139. The number of carboxylic acids is 1. The zero-order valence-electron chi connectivity index (χ0n) is 9.04. The van der Waals surface area contributed by atoms with Crippen molar-refractivity contribution >= 4 is 16.0 Å². The number of sulfonamides is 1. The van der Waals surface area contributed by atoms with Crippen LogP contribution in [0.3, 0.4) is 0 Å². The van der Waals surface area contributed by atoms with Crippen molar-refractivity contribution in [3.63, 3.8) is 0 Å². The molecule has 0 bridgehead atoms. The second-order valence-corrected chi connectivity index (χ2v) is 5.07. The molecular weight excluding hydrogens is 250 g/mol. The minimum Gasteiger partial charge on any atom is -0.480 e. The van der Waals surface area contributed by atoms with E-state index in [1.165, 1.54) is 6.92 Å². The standard InChI is InChI=1S/C8H13N3O5S/c1-5-7(4-9-10-5)17(15,16)11-6(2-3-12)8(13)14/h4,6,11-12H,2-3H2,1H3,(H,9,10)(H,13,14)/t6-/m0/s1. The molecule has 0 saturated carbocycles. The minimum atomic E-state index is -3.95. The summed E-state index contributed by atoms with van der Waals surface area (Å²) in [6.45, 7) is 1.08. The van der Waals surface area contributed by atoms with Gasteiger partial charge in [-0.05, 0) is 13.3 Å². The summed E-state index contributed by atoms with van der Waals surface area (Å²) < 4.78 is 25.6. The summed E-state index contributed by atoms with van der Waals surface area (Å²) >= 11 is 0. The molecule has 4 N–H and O–H groups in total. The molecule has 0 saturated heterocycles. The fourth-order valence-electron chi connectivity index (χ4n) is 1.22. The first-order chi connectivity index (χ1) is 7.88. The van der Waals surface area contributed by atoms with Crippen molar-refractivity contribution in [1.29, 1.82) is 0 Å². The van der Waals surface area contributed by atoms with E-state index >= 15 is 0 Å². The van der Waals surface area contributed by atoms with Gasteiger partial charge in [-0.15, -0.1) is 0 Å². The summed E-state index contributed by atoms with van der Waals surface area (Å²) in [6.07, 6.45) is 0.890. The van der Waals surface area contributed by atoms with Gasteiger partial charge in [-0.3, -0.25) is 9.89 Å². The molecule has 1 atom stereocenters. The highest BCUT2D eigenvalue weighted by atomic mass is 32.2. The van der Waals surface area contributed by atoms with E-state index in [9.17, 15) is 13.2 Å². The van der Waals surface area contributed by atoms with E-state index in [-0.39, 0.29) is 11.3 Å². The van der Waals surface area contributed by atoms with Gasteiger partial charge >= 0.3 is 5.97 Å².